The lowest BCUT2D eigenvalue weighted by molar-refractivity contribution is -0.148. The number of aliphatic hydroxyl groups excluding tert-OH is 1. The van der Waals surface area contributed by atoms with Crippen molar-refractivity contribution < 1.29 is 24.5 Å². The average molecular weight is 499 g/mol. The van der Waals surface area contributed by atoms with E-state index in [9.17, 15) is 19.8 Å². The van der Waals surface area contributed by atoms with E-state index in [1.54, 1.807) is 0 Å². The number of carboxylic acid groups (broad SMARTS) is 1. The molecule has 3 aliphatic carbocycles. The Kier molecular flexibility index (Phi) is 8.15. The summed E-state index contributed by atoms with van der Waals surface area (Å²) in [5.74, 6) is -1.75. The van der Waals surface area contributed by atoms with Crippen LogP contribution in [0.3, 0.4) is 0 Å². The van der Waals surface area contributed by atoms with Gasteiger partial charge in [0.25, 0.3) is 0 Å². The maximum absolute atomic E-state index is 12.5. The largest absolute Gasteiger partial charge is 0.481 e. The molecule has 0 spiro atoms. The Bertz CT molecular complexity index is 998. The fraction of sp³-hybridized carbons (Fsp3) is 0.677. The molecule has 0 radical (unpaired) electrons. The number of aliphatic carboxylic acids is 1. The Morgan fingerprint density at radius 1 is 1.19 bits per heavy atom. The summed E-state index contributed by atoms with van der Waals surface area (Å²) in [7, 11) is 1.43. The number of hydrogen-bond acceptors (Lipinski definition) is 4. The molecule has 0 aromatic heterocycles. The van der Waals surface area contributed by atoms with Crippen LogP contribution < -0.4 is 0 Å². The van der Waals surface area contributed by atoms with Crippen molar-refractivity contribution in [1.82, 2.24) is 0 Å². The molecule has 36 heavy (non-hydrogen) atoms. The van der Waals surface area contributed by atoms with Crippen molar-refractivity contribution in [2.45, 2.75) is 92.6 Å². The van der Waals surface area contributed by atoms with E-state index in [0.29, 0.717) is 38.5 Å². The molecular formula is C31H46O5. The third-order valence-electron chi connectivity index (χ3n) is 10.0. The van der Waals surface area contributed by atoms with Gasteiger partial charge < -0.3 is 14.9 Å². The number of hydrogen-bond donors (Lipinski definition) is 2. The molecule has 1 fully saturated rings. The molecule has 1 saturated carbocycles. The van der Waals surface area contributed by atoms with Gasteiger partial charge in [0.2, 0.25) is 0 Å². The van der Waals surface area contributed by atoms with Crippen LogP contribution in [0.25, 0.3) is 0 Å². The van der Waals surface area contributed by atoms with E-state index in [1.165, 1.54) is 23.8 Å². The first-order chi connectivity index (χ1) is 16.7. The van der Waals surface area contributed by atoms with Crippen LogP contribution in [0.2, 0.25) is 0 Å². The van der Waals surface area contributed by atoms with Crippen LogP contribution in [0.4, 0.5) is 0 Å². The lowest BCUT2D eigenvalue weighted by Gasteiger charge is -2.56. The Hall–Kier alpha value is -2.14. The summed E-state index contributed by atoms with van der Waals surface area (Å²) in [6.07, 6.45) is 10.3. The highest BCUT2D eigenvalue weighted by molar-refractivity contribution is 5.71. The van der Waals surface area contributed by atoms with Crippen molar-refractivity contribution in [2.24, 2.45) is 34.0 Å². The molecule has 5 nitrogen and oxygen atoms in total. The van der Waals surface area contributed by atoms with E-state index in [-0.39, 0.29) is 34.1 Å². The number of esters is 1. The van der Waals surface area contributed by atoms with Crippen molar-refractivity contribution in [2.75, 3.05) is 7.11 Å². The fourth-order valence-corrected chi connectivity index (χ4v) is 7.87. The van der Waals surface area contributed by atoms with E-state index in [0.717, 1.165) is 12.0 Å². The van der Waals surface area contributed by atoms with Gasteiger partial charge in [-0.05, 0) is 87.2 Å². The van der Waals surface area contributed by atoms with Gasteiger partial charge in [-0.25, -0.2) is 0 Å². The molecule has 200 valence electrons. The van der Waals surface area contributed by atoms with Crippen LogP contribution in [0.15, 0.2) is 47.1 Å². The van der Waals surface area contributed by atoms with Crippen LogP contribution in [-0.4, -0.2) is 35.4 Å². The highest BCUT2D eigenvalue weighted by Gasteiger charge is 2.65. The molecule has 5 heteroatoms. The summed E-state index contributed by atoms with van der Waals surface area (Å²) in [5.41, 5.74) is 3.76. The summed E-state index contributed by atoms with van der Waals surface area (Å²) in [6, 6.07) is 0. The van der Waals surface area contributed by atoms with E-state index in [4.69, 9.17) is 4.74 Å². The Morgan fingerprint density at radius 3 is 2.42 bits per heavy atom. The van der Waals surface area contributed by atoms with Gasteiger partial charge in [0.15, 0.2) is 0 Å². The maximum Gasteiger partial charge on any atom is 0.306 e. The smallest absolute Gasteiger partial charge is 0.306 e. The molecule has 0 aromatic carbocycles. The van der Waals surface area contributed by atoms with Crippen LogP contribution in [0, 0.1) is 34.0 Å². The number of fused-ring (bicyclic) bond motifs is 3. The number of carboxylic acids is 1. The van der Waals surface area contributed by atoms with Crippen molar-refractivity contribution >= 4 is 11.9 Å². The average Bonchev–Trinajstić information content (AvgIpc) is 3.00. The van der Waals surface area contributed by atoms with Gasteiger partial charge in [-0.15, -0.1) is 0 Å². The lowest BCUT2D eigenvalue weighted by Crippen LogP contribution is -2.48. The van der Waals surface area contributed by atoms with Gasteiger partial charge in [0.05, 0.1) is 19.1 Å². The second kappa shape index (κ2) is 10.3. The zero-order chi connectivity index (χ0) is 27.1. The maximum atomic E-state index is 12.5. The first-order valence-corrected chi connectivity index (χ1v) is 13.4. The number of rotatable bonds is 9. The van der Waals surface area contributed by atoms with Crippen LogP contribution in [-0.2, 0) is 14.3 Å². The minimum Gasteiger partial charge on any atom is -0.481 e. The molecule has 0 aliphatic heterocycles. The van der Waals surface area contributed by atoms with E-state index in [1.807, 2.05) is 13.8 Å². The van der Waals surface area contributed by atoms with Crippen molar-refractivity contribution in [1.29, 1.82) is 0 Å². The minimum absolute atomic E-state index is 0.211. The molecule has 0 heterocycles. The number of methoxy groups -OCH3 is 1. The second-order valence-corrected chi connectivity index (χ2v) is 12.4. The fourth-order valence-electron chi connectivity index (χ4n) is 7.87. The second-order valence-electron chi connectivity index (χ2n) is 12.4. The number of allylic oxidation sites excluding steroid dienone is 7. The lowest BCUT2D eigenvalue weighted by atomic mass is 9.48. The van der Waals surface area contributed by atoms with Gasteiger partial charge in [0.1, 0.15) is 0 Å². The van der Waals surface area contributed by atoms with Crippen LogP contribution >= 0.6 is 0 Å². The molecule has 0 bridgehead atoms. The first kappa shape index (κ1) is 28.4. The van der Waals surface area contributed by atoms with Gasteiger partial charge in [-0.3, -0.25) is 9.59 Å². The number of carbonyl (C=O) groups is 2. The first-order valence-electron chi connectivity index (χ1n) is 13.4. The topological polar surface area (TPSA) is 83.8 Å². The quantitative estimate of drug-likeness (QED) is 0.275. The Labute approximate surface area is 217 Å². The standard InChI is InChI=1S/C31H46O5/c1-19(2)10-9-11-21(28(34)35)27-25(32)18-31(7)24-13-12-22(20(3)4)29(5,16-15-26(33)36-8)23(24)14-17-30(27,31)6/h10,13-14,21-22,25,27,32H,3,9,11-12,15-18H2,1-2,4-8H3,(H,34,35). The SMILES string of the molecule is C=C(C)C1CC=C2C(=CCC3(C)C(C(CCC=C(C)C)C(=O)O)C(O)CC23C)C1(C)CCC(=O)OC. The van der Waals surface area contributed by atoms with Gasteiger partial charge in [-0.2, -0.15) is 0 Å². The third kappa shape index (κ3) is 4.64. The molecule has 7 atom stereocenters. The van der Waals surface area contributed by atoms with Gasteiger partial charge in [0, 0.05) is 17.8 Å². The van der Waals surface area contributed by atoms with E-state index < -0.39 is 18.0 Å². The molecular weight excluding hydrogens is 452 g/mol. The highest BCUT2D eigenvalue weighted by atomic mass is 16.5. The molecule has 0 aromatic rings. The van der Waals surface area contributed by atoms with Gasteiger partial charge in [-0.1, -0.05) is 56.7 Å². The summed E-state index contributed by atoms with van der Waals surface area (Å²) >= 11 is 0. The summed E-state index contributed by atoms with van der Waals surface area (Å²) in [4.78, 5) is 24.6. The number of aliphatic hydroxyl groups is 1. The molecule has 0 amide bonds. The summed E-state index contributed by atoms with van der Waals surface area (Å²) in [5, 5.41) is 21.7. The summed E-state index contributed by atoms with van der Waals surface area (Å²) < 4.78 is 4.96. The predicted molar refractivity (Wildman–Crippen MR) is 143 cm³/mol. The zero-order valence-electron chi connectivity index (χ0n) is 23.3. The van der Waals surface area contributed by atoms with Crippen LogP contribution in [0.5, 0.6) is 0 Å². The number of ether oxygens (including phenoxy) is 1. The Balaban J connectivity index is 2.05. The molecule has 3 aliphatic rings. The van der Waals surface area contributed by atoms with E-state index >= 15 is 0 Å². The molecule has 0 saturated heterocycles. The minimum atomic E-state index is -0.815. The van der Waals surface area contributed by atoms with E-state index in [2.05, 4.69) is 52.5 Å². The van der Waals surface area contributed by atoms with Crippen molar-refractivity contribution in [3.63, 3.8) is 0 Å². The number of carbonyl (C=O) groups excluding carboxylic acids is 1. The van der Waals surface area contributed by atoms with Crippen molar-refractivity contribution in [3.05, 3.63) is 47.1 Å². The summed E-state index contributed by atoms with van der Waals surface area (Å²) in [6.45, 7) is 17.1. The van der Waals surface area contributed by atoms with Gasteiger partial charge >= 0.3 is 11.9 Å². The Morgan fingerprint density at radius 2 is 1.86 bits per heavy atom. The predicted octanol–water partition coefficient (Wildman–Crippen LogP) is 6.64. The van der Waals surface area contributed by atoms with Crippen molar-refractivity contribution in [3.8, 4) is 0 Å². The third-order valence-corrected chi connectivity index (χ3v) is 10.0. The molecule has 2 N–H and O–H groups in total. The molecule has 3 rings (SSSR count). The highest BCUT2D eigenvalue weighted by Crippen LogP contribution is 2.70. The molecule has 7 unspecified atom stereocenters. The monoisotopic (exact) mass is 498 g/mol. The normalized spacial score (nSPS) is 36.1. The zero-order valence-corrected chi connectivity index (χ0v) is 23.3. The van der Waals surface area contributed by atoms with Crippen LogP contribution in [0.1, 0.15) is 86.5 Å².